The molecule has 4 aromatic carbocycles. The van der Waals surface area contributed by atoms with Gasteiger partial charge in [-0.1, -0.05) is 48.5 Å². The van der Waals surface area contributed by atoms with Crippen molar-refractivity contribution in [1.29, 1.82) is 0 Å². The van der Waals surface area contributed by atoms with Crippen LogP contribution in [0.1, 0.15) is 22.6 Å². The molecule has 0 aliphatic heterocycles. The molecule has 140 valence electrons. The summed E-state index contributed by atoms with van der Waals surface area (Å²) in [5, 5.41) is 52.7. The Morgan fingerprint density at radius 2 is 1.07 bits per heavy atom. The summed E-state index contributed by atoms with van der Waals surface area (Å²) in [6.45, 7) is 0. The third kappa shape index (κ3) is 2.93. The van der Waals surface area contributed by atoms with Gasteiger partial charge < -0.3 is 25.5 Å². The van der Waals surface area contributed by atoms with Gasteiger partial charge in [0.2, 0.25) is 0 Å². The summed E-state index contributed by atoms with van der Waals surface area (Å²) >= 11 is 0. The molecule has 0 unspecified atom stereocenters. The molecule has 28 heavy (non-hydrogen) atoms. The molecule has 0 saturated carbocycles. The zero-order valence-corrected chi connectivity index (χ0v) is 14.7. The minimum atomic E-state index is -0.731. The first-order valence-corrected chi connectivity index (χ1v) is 8.70. The lowest BCUT2D eigenvalue weighted by Gasteiger charge is -2.22. The Morgan fingerprint density at radius 1 is 0.536 bits per heavy atom. The van der Waals surface area contributed by atoms with E-state index in [0.29, 0.717) is 22.1 Å². The molecule has 0 amide bonds. The molecule has 0 bridgehead atoms. The van der Waals surface area contributed by atoms with Crippen LogP contribution in [0.25, 0.3) is 10.8 Å². The quantitative estimate of drug-likeness (QED) is 0.339. The molecule has 0 aliphatic carbocycles. The Morgan fingerprint density at radius 3 is 1.64 bits per heavy atom. The average molecular weight is 374 g/mol. The highest BCUT2D eigenvalue weighted by Crippen LogP contribution is 2.46. The van der Waals surface area contributed by atoms with Crippen LogP contribution < -0.4 is 0 Å². The number of aromatic hydroxyl groups is 5. The van der Waals surface area contributed by atoms with Gasteiger partial charge in [0.1, 0.15) is 28.7 Å². The minimum Gasteiger partial charge on any atom is -0.508 e. The SMILES string of the molecule is Oc1ccc(C(c2ccc(O)cc2O)c2ccc3ccccc3c2O)c(O)c1. The van der Waals surface area contributed by atoms with Crippen LogP contribution in [-0.2, 0) is 0 Å². The maximum atomic E-state index is 11.0. The van der Waals surface area contributed by atoms with Gasteiger partial charge in [-0.15, -0.1) is 0 Å². The standard InChI is InChI=1S/C23H18O5/c24-14-6-9-17(20(26)11-14)22(18-10-7-15(25)12-21(18)27)19-8-5-13-3-1-2-4-16(13)23(19)28/h1-12,22,24-28H. The van der Waals surface area contributed by atoms with Gasteiger partial charge in [-0.05, 0) is 17.5 Å². The first kappa shape index (κ1) is 17.5. The molecule has 5 nitrogen and oxygen atoms in total. The third-order valence-corrected chi connectivity index (χ3v) is 4.89. The highest BCUT2D eigenvalue weighted by Gasteiger charge is 2.26. The number of phenols is 5. The number of hydrogen-bond donors (Lipinski definition) is 5. The molecule has 0 aromatic heterocycles. The molecule has 0 atom stereocenters. The predicted molar refractivity (Wildman–Crippen MR) is 106 cm³/mol. The van der Waals surface area contributed by atoms with Gasteiger partial charge >= 0.3 is 0 Å². The Bertz CT molecular complexity index is 1130. The summed E-state index contributed by atoms with van der Waals surface area (Å²) in [4.78, 5) is 0. The van der Waals surface area contributed by atoms with Crippen molar-refractivity contribution in [3.8, 4) is 28.7 Å². The molecular formula is C23H18O5. The Labute approximate surface area is 161 Å². The highest BCUT2D eigenvalue weighted by molar-refractivity contribution is 5.90. The van der Waals surface area contributed by atoms with Gasteiger partial charge in [0.25, 0.3) is 0 Å². The fourth-order valence-electron chi connectivity index (χ4n) is 3.56. The van der Waals surface area contributed by atoms with Crippen LogP contribution in [-0.4, -0.2) is 25.5 Å². The fourth-order valence-corrected chi connectivity index (χ4v) is 3.56. The Balaban J connectivity index is 2.02. The molecule has 0 heterocycles. The van der Waals surface area contributed by atoms with E-state index >= 15 is 0 Å². The van der Waals surface area contributed by atoms with Crippen LogP contribution >= 0.6 is 0 Å². The van der Waals surface area contributed by atoms with Crippen LogP contribution in [0.3, 0.4) is 0 Å². The van der Waals surface area contributed by atoms with Gasteiger partial charge in [-0.2, -0.15) is 0 Å². The third-order valence-electron chi connectivity index (χ3n) is 4.89. The minimum absolute atomic E-state index is 0.0306. The van der Waals surface area contributed by atoms with Gasteiger partial charge in [-0.25, -0.2) is 0 Å². The van der Waals surface area contributed by atoms with E-state index < -0.39 is 5.92 Å². The molecule has 0 spiro atoms. The second-order valence-corrected chi connectivity index (χ2v) is 6.64. The summed E-state index contributed by atoms with van der Waals surface area (Å²) in [5.74, 6) is -1.25. The summed E-state index contributed by atoms with van der Waals surface area (Å²) in [5.41, 5.74) is 1.26. The zero-order valence-electron chi connectivity index (χ0n) is 14.7. The van der Waals surface area contributed by atoms with E-state index in [-0.39, 0.29) is 28.7 Å². The van der Waals surface area contributed by atoms with Crippen molar-refractivity contribution in [3.63, 3.8) is 0 Å². The first-order chi connectivity index (χ1) is 13.5. The lowest BCUT2D eigenvalue weighted by molar-refractivity contribution is 0.437. The molecule has 0 saturated heterocycles. The molecule has 5 N–H and O–H groups in total. The first-order valence-electron chi connectivity index (χ1n) is 8.70. The monoisotopic (exact) mass is 374 g/mol. The van der Waals surface area contributed by atoms with Crippen molar-refractivity contribution in [2.24, 2.45) is 0 Å². The molecular weight excluding hydrogens is 356 g/mol. The Kier molecular flexibility index (Phi) is 4.20. The van der Waals surface area contributed by atoms with Gasteiger partial charge in [-0.3, -0.25) is 0 Å². The van der Waals surface area contributed by atoms with Gasteiger partial charge in [0, 0.05) is 40.1 Å². The summed E-state index contributed by atoms with van der Waals surface area (Å²) in [7, 11) is 0. The van der Waals surface area contributed by atoms with Gasteiger partial charge in [0.05, 0.1) is 0 Å². The second kappa shape index (κ2) is 6.70. The fraction of sp³-hybridized carbons (Fsp3) is 0.0435. The lowest BCUT2D eigenvalue weighted by atomic mass is 9.82. The maximum Gasteiger partial charge on any atom is 0.127 e. The molecule has 0 radical (unpaired) electrons. The van der Waals surface area contributed by atoms with E-state index in [9.17, 15) is 25.5 Å². The molecule has 4 rings (SSSR count). The largest absolute Gasteiger partial charge is 0.508 e. The van der Waals surface area contributed by atoms with E-state index in [0.717, 1.165) is 5.39 Å². The maximum absolute atomic E-state index is 11.0. The van der Waals surface area contributed by atoms with Crippen molar-refractivity contribution in [3.05, 3.63) is 89.5 Å². The van der Waals surface area contributed by atoms with Crippen molar-refractivity contribution in [2.45, 2.75) is 5.92 Å². The van der Waals surface area contributed by atoms with Crippen molar-refractivity contribution < 1.29 is 25.5 Å². The van der Waals surface area contributed by atoms with Crippen LogP contribution in [0.4, 0.5) is 0 Å². The second-order valence-electron chi connectivity index (χ2n) is 6.64. The van der Waals surface area contributed by atoms with E-state index in [1.807, 2.05) is 24.3 Å². The van der Waals surface area contributed by atoms with E-state index in [2.05, 4.69) is 0 Å². The summed E-state index contributed by atoms with van der Waals surface area (Å²) in [6.07, 6.45) is 0. The molecule has 5 heteroatoms. The summed E-state index contributed by atoms with van der Waals surface area (Å²) < 4.78 is 0. The number of hydrogen-bond acceptors (Lipinski definition) is 5. The highest BCUT2D eigenvalue weighted by atomic mass is 16.3. The van der Waals surface area contributed by atoms with Crippen LogP contribution in [0.15, 0.2) is 72.8 Å². The molecule has 0 aliphatic rings. The lowest BCUT2D eigenvalue weighted by Crippen LogP contribution is -2.05. The smallest absolute Gasteiger partial charge is 0.127 e. The van der Waals surface area contributed by atoms with E-state index in [1.54, 1.807) is 12.1 Å². The topological polar surface area (TPSA) is 101 Å². The normalized spacial score (nSPS) is 11.2. The zero-order chi connectivity index (χ0) is 19.8. The molecule has 0 fully saturated rings. The summed E-state index contributed by atoms with van der Waals surface area (Å²) in [6, 6.07) is 19.3. The number of phenolic OH excluding ortho intramolecular Hbond substituents is 5. The van der Waals surface area contributed by atoms with Crippen LogP contribution in [0.5, 0.6) is 28.7 Å². The van der Waals surface area contributed by atoms with Crippen molar-refractivity contribution in [2.75, 3.05) is 0 Å². The van der Waals surface area contributed by atoms with E-state index in [4.69, 9.17) is 0 Å². The predicted octanol–water partition coefficient (Wildman–Crippen LogP) is 4.55. The molecule has 4 aromatic rings. The van der Waals surface area contributed by atoms with Crippen LogP contribution in [0.2, 0.25) is 0 Å². The Hall–Kier alpha value is -3.86. The number of fused-ring (bicyclic) bond motifs is 1. The van der Waals surface area contributed by atoms with Crippen LogP contribution in [0, 0.1) is 0 Å². The van der Waals surface area contributed by atoms with Crippen molar-refractivity contribution >= 4 is 10.8 Å². The van der Waals surface area contributed by atoms with Gasteiger partial charge in [0.15, 0.2) is 0 Å². The average Bonchev–Trinajstić information content (AvgIpc) is 2.66. The number of benzene rings is 4. The number of rotatable bonds is 3. The van der Waals surface area contributed by atoms with Crippen molar-refractivity contribution in [1.82, 2.24) is 0 Å². The van der Waals surface area contributed by atoms with E-state index in [1.165, 1.54) is 36.4 Å².